The Hall–Kier alpha value is -1.86. The zero-order valence-electron chi connectivity index (χ0n) is 10.2. The normalized spacial score (nSPS) is 14.6. The van der Waals surface area contributed by atoms with Crippen molar-refractivity contribution in [1.82, 2.24) is 0 Å². The standard InChI is InChI=1S/C14H5Br2NO4/c15-11-12(16)14(19)10-5-7-3-8(17(20)21)2-1-6(7)4-9(10)13(11)18/h1-5H. The minimum absolute atomic E-state index is 0.0622. The Bertz CT molecular complexity index is 886. The van der Waals surface area contributed by atoms with E-state index in [1.54, 1.807) is 12.1 Å². The molecule has 2 aromatic carbocycles. The number of carbonyl (C=O) groups excluding carboxylic acids is 2. The largest absolute Gasteiger partial charge is 0.288 e. The molecule has 3 rings (SSSR count). The smallest absolute Gasteiger partial charge is 0.270 e. The van der Waals surface area contributed by atoms with Crippen molar-refractivity contribution < 1.29 is 14.5 Å². The molecule has 0 fully saturated rings. The molecule has 1 aliphatic rings. The molecule has 5 nitrogen and oxygen atoms in total. The lowest BCUT2D eigenvalue weighted by Crippen LogP contribution is -2.17. The van der Waals surface area contributed by atoms with Crippen molar-refractivity contribution in [2.45, 2.75) is 0 Å². The van der Waals surface area contributed by atoms with E-state index < -0.39 is 4.92 Å². The van der Waals surface area contributed by atoms with Crippen LogP contribution in [-0.4, -0.2) is 16.5 Å². The van der Waals surface area contributed by atoms with Crippen molar-refractivity contribution in [2.75, 3.05) is 0 Å². The van der Waals surface area contributed by atoms with Crippen LogP contribution in [0, 0.1) is 10.1 Å². The van der Waals surface area contributed by atoms with Gasteiger partial charge in [-0.3, -0.25) is 19.7 Å². The molecule has 0 amide bonds. The van der Waals surface area contributed by atoms with Crippen molar-refractivity contribution in [1.29, 1.82) is 0 Å². The summed E-state index contributed by atoms with van der Waals surface area (Å²) in [6.45, 7) is 0. The Labute approximate surface area is 135 Å². The number of nitro groups is 1. The Morgan fingerprint density at radius 1 is 0.857 bits per heavy atom. The van der Waals surface area contributed by atoms with Crippen molar-refractivity contribution in [3.8, 4) is 0 Å². The van der Waals surface area contributed by atoms with Crippen LogP contribution in [0.2, 0.25) is 0 Å². The summed E-state index contributed by atoms with van der Waals surface area (Å²) in [7, 11) is 0. The van der Waals surface area contributed by atoms with E-state index in [0.29, 0.717) is 10.8 Å². The second-order valence-corrected chi connectivity index (χ2v) is 6.06. The number of ketones is 2. The highest BCUT2D eigenvalue weighted by Gasteiger charge is 2.30. The van der Waals surface area contributed by atoms with Crippen LogP contribution < -0.4 is 0 Å². The average molecular weight is 411 g/mol. The van der Waals surface area contributed by atoms with E-state index in [1.165, 1.54) is 18.2 Å². The van der Waals surface area contributed by atoms with Gasteiger partial charge in [0, 0.05) is 23.3 Å². The van der Waals surface area contributed by atoms with Crippen LogP contribution in [0.3, 0.4) is 0 Å². The van der Waals surface area contributed by atoms with Crippen LogP contribution in [0.15, 0.2) is 39.3 Å². The zero-order chi connectivity index (χ0) is 15.3. The minimum atomic E-state index is -0.502. The van der Waals surface area contributed by atoms with E-state index in [1.807, 2.05) is 0 Å². The van der Waals surface area contributed by atoms with E-state index in [9.17, 15) is 19.7 Å². The predicted octanol–water partition coefficient (Wildman–Crippen LogP) is 4.13. The number of rotatable bonds is 1. The summed E-state index contributed by atoms with van der Waals surface area (Å²) < 4.78 is 0.339. The Balaban J connectivity index is 2.31. The first-order valence-electron chi connectivity index (χ1n) is 5.77. The van der Waals surface area contributed by atoms with E-state index in [2.05, 4.69) is 31.9 Å². The topological polar surface area (TPSA) is 77.3 Å². The van der Waals surface area contributed by atoms with Gasteiger partial charge in [-0.1, -0.05) is 0 Å². The van der Waals surface area contributed by atoms with Gasteiger partial charge in [-0.15, -0.1) is 0 Å². The molecule has 21 heavy (non-hydrogen) atoms. The summed E-state index contributed by atoms with van der Waals surface area (Å²) >= 11 is 6.18. The maximum Gasteiger partial charge on any atom is 0.270 e. The SMILES string of the molecule is O=C1C(Br)=C(Br)C(=O)c2cc3cc([N+](=O)[O-])ccc3cc21. The number of non-ortho nitro benzene ring substituents is 1. The molecule has 7 heteroatoms. The number of hydrogen-bond donors (Lipinski definition) is 0. The van der Waals surface area contributed by atoms with E-state index >= 15 is 0 Å². The lowest BCUT2D eigenvalue weighted by molar-refractivity contribution is -0.384. The van der Waals surface area contributed by atoms with Gasteiger partial charge in [-0.25, -0.2) is 0 Å². The molecule has 0 atom stereocenters. The lowest BCUT2D eigenvalue weighted by atomic mass is 9.91. The van der Waals surface area contributed by atoms with Crippen LogP contribution in [0.25, 0.3) is 10.8 Å². The maximum atomic E-state index is 12.2. The fraction of sp³-hybridized carbons (Fsp3) is 0. The highest BCUT2D eigenvalue weighted by atomic mass is 79.9. The summed E-state index contributed by atoms with van der Waals surface area (Å²) in [4.78, 5) is 34.7. The molecule has 0 spiro atoms. The highest BCUT2D eigenvalue weighted by Crippen LogP contribution is 2.35. The number of halogens is 2. The van der Waals surface area contributed by atoms with Crippen LogP contribution in [0.1, 0.15) is 20.7 Å². The third-order valence-electron chi connectivity index (χ3n) is 3.25. The molecule has 0 N–H and O–H groups in total. The number of nitro benzene ring substituents is 1. The molecule has 0 aromatic heterocycles. The van der Waals surface area contributed by atoms with E-state index in [0.717, 1.165) is 0 Å². The van der Waals surface area contributed by atoms with E-state index in [-0.39, 0.29) is 37.3 Å². The molecule has 0 heterocycles. The average Bonchev–Trinajstić information content (AvgIpc) is 2.48. The molecule has 104 valence electrons. The van der Waals surface area contributed by atoms with Crippen molar-refractivity contribution >= 4 is 59.9 Å². The summed E-state index contributed by atoms with van der Waals surface area (Å²) in [6, 6.07) is 7.40. The molecule has 0 radical (unpaired) electrons. The molecule has 1 aliphatic carbocycles. The summed E-state index contributed by atoms with van der Waals surface area (Å²) in [5.41, 5.74) is 0.465. The van der Waals surface area contributed by atoms with Crippen molar-refractivity contribution in [3.05, 3.63) is 60.5 Å². The fourth-order valence-electron chi connectivity index (χ4n) is 2.21. The maximum absolute atomic E-state index is 12.2. The highest BCUT2D eigenvalue weighted by molar-refractivity contribution is 9.14. The Morgan fingerprint density at radius 3 is 1.90 bits per heavy atom. The quantitative estimate of drug-likeness (QED) is 0.523. The van der Waals surface area contributed by atoms with Crippen LogP contribution in [-0.2, 0) is 0 Å². The molecule has 0 unspecified atom stereocenters. The first kappa shape index (κ1) is 14.1. The molecule has 0 aliphatic heterocycles. The van der Waals surface area contributed by atoms with Crippen LogP contribution in [0.5, 0.6) is 0 Å². The van der Waals surface area contributed by atoms with Gasteiger partial charge >= 0.3 is 0 Å². The molecular weight excluding hydrogens is 406 g/mol. The second-order valence-electron chi connectivity index (χ2n) is 4.47. The third-order valence-corrected chi connectivity index (χ3v) is 5.30. The van der Waals surface area contributed by atoms with Gasteiger partial charge in [-0.05, 0) is 60.8 Å². The van der Waals surface area contributed by atoms with Gasteiger partial charge < -0.3 is 0 Å². The van der Waals surface area contributed by atoms with Gasteiger partial charge in [0.25, 0.3) is 5.69 Å². The first-order valence-corrected chi connectivity index (χ1v) is 7.35. The molecular formula is C14H5Br2NO4. The van der Waals surface area contributed by atoms with E-state index in [4.69, 9.17) is 0 Å². The van der Waals surface area contributed by atoms with Crippen molar-refractivity contribution in [2.24, 2.45) is 0 Å². The monoisotopic (exact) mass is 409 g/mol. The molecule has 0 saturated carbocycles. The van der Waals surface area contributed by atoms with Gasteiger partial charge in [0.1, 0.15) is 0 Å². The fourth-order valence-corrected chi connectivity index (χ4v) is 3.00. The zero-order valence-corrected chi connectivity index (χ0v) is 13.4. The van der Waals surface area contributed by atoms with Crippen LogP contribution >= 0.6 is 31.9 Å². The number of carbonyl (C=O) groups is 2. The number of Topliss-reactive ketones (excluding diaryl/α,β-unsaturated/α-hetero) is 2. The number of fused-ring (bicyclic) bond motifs is 2. The lowest BCUT2D eigenvalue weighted by Gasteiger charge is -2.15. The van der Waals surface area contributed by atoms with Gasteiger partial charge in [-0.2, -0.15) is 0 Å². The predicted molar refractivity (Wildman–Crippen MR) is 84.1 cm³/mol. The second kappa shape index (κ2) is 4.85. The molecule has 0 bridgehead atoms. The minimum Gasteiger partial charge on any atom is -0.288 e. The van der Waals surface area contributed by atoms with Gasteiger partial charge in [0.2, 0.25) is 11.6 Å². The van der Waals surface area contributed by atoms with Crippen molar-refractivity contribution in [3.63, 3.8) is 0 Å². The molecule has 0 saturated heterocycles. The number of nitrogens with zero attached hydrogens (tertiary/aromatic N) is 1. The number of benzene rings is 2. The summed E-state index contributed by atoms with van der Waals surface area (Å²) in [5, 5.41) is 12.0. The summed E-state index contributed by atoms with van der Waals surface area (Å²) in [6.07, 6.45) is 0. The van der Waals surface area contributed by atoms with Gasteiger partial charge in [0.05, 0.1) is 13.9 Å². The first-order chi connectivity index (χ1) is 9.90. The summed E-state index contributed by atoms with van der Waals surface area (Å²) in [5.74, 6) is -0.624. The number of hydrogen-bond acceptors (Lipinski definition) is 4. The van der Waals surface area contributed by atoms with Gasteiger partial charge in [0.15, 0.2) is 0 Å². The van der Waals surface area contributed by atoms with Crippen LogP contribution in [0.4, 0.5) is 5.69 Å². The third kappa shape index (κ3) is 2.13. The Kier molecular flexibility index (Phi) is 3.26. The Morgan fingerprint density at radius 2 is 1.38 bits per heavy atom. The number of allylic oxidation sites excluding steroid dienone is 2. The molecule has 2 aromatic rings.